The second-order valence-electron chi connectivity index (χ2n) is 8.72. The van der Waals surface area contributed by atoms with Crippen molar-refractivity contribution in [1.29, 1.82) is 0 Å². The standard InChI is InChI=1S/C15H22FN.C11H13N3/c1-12-7-8-14(9-15(12)16)11-17-10-13-5-3-2-4-6-13;1-8-12-10-7-5-4-6-9(10)11(13-8)14(2)3/h7-9,13,17H,2-6,10-11H2,1H3;4-7H,1-3H3. The zero-order valence-corrected chi connectivity index (χ0v) is 19.3. The Morgan fingerprint density at radius 1 is 1.00 bits per heavy atom. The van der Waals surface area contributed by atoms with Crippen LogP contribution in [0.4, 0.5) is 10.2 Å². The molecule has 1 saturated carbocycles. The fourth-order valence-corrected chi connectivity index (χ4v) is 4.07. The predicted octanol–water partition coefficient (Wildman–Crippen LogP) is 5.81. The lowest BCUT2D eigenvalue weighted by Crippen LogP contribution is -2.24. The summed E-state index contributed by atoms with van der Waals surface area (Å²) in [6.45, 7) is 5.58. The highest BCUT2D eigenvalue weighted by Crippen LogP contribution is 2.23. The fourth-order valence-electron chi connectivity index (χ4n) is 4.07. The fraction of sp³-hybridized carbons (Fsp3) is 0.462. The third-order valence-electron chi connectivity index (χ3n) is 5.84. The number of rotatable bonds is 5. The first-order chi connectivity index (χ1) is 14.9. The van der Waals surface area contributed by atoms with Gasteiger partial charge in [0, 0.05) is 26.0 Å². The molecule has 1 fully saturated rings. The number of anilines is 1. The highest BCUT2D eigenvalue weighted by molar-refractivity contribution is 5.89. The minimum Gasteiger partial charge on any atom is -0.362 e. The quantitative estimate of drug-likeness (QED) is 0.563. The molecule has 1 aliphatic rings. The Kier molecular flexibility index (Phi) is 8.35. The van der Waals surface area contributed by atoms with E-state index in [1.807, 2.05) is 62.3 Å². The van der Waals surface area contributed by atoms with Crippen LogP contribution in [0.3, 0.4) is 0 Å². The molecule has 4 rings (SSSR count). The molecule has 166 valence electrons. The summed E-state index contributed by atoms with van der Waals surface area (Å²) in [6.07, 6.45) is 6.88. The summed E-state index contributed by atoms with van der Waals surface area (Å²) in [5.41, 5.74) is 2.77. The second-order valence-corrected chi connectivity index (χ2v) is 8.72. The Hall–Kier alpha value is -2.53. The summed E-state index contributed by atoms with van der Waals surface area (Å²) in [4.78, 5) is 10.8. The van der Waals surface area contributed by atoms with Crippen LogP contribution in [0.15, 0.2) is 42.5 Å². The molecule has 2 aromatic carbocycles. The van der Waals surface area contributed by atoms with Gasteiger partial charge in [-0.3, -0.25) is 0 Å². The van der Waals surface area contributed by atoms with E-state index in [2.05, 4.69) is 15.3 Å². The molecule has 1 aliphatic carbocycles. The number of hydrogen-bond donors (Lipinski definition) is 1. The Labute approximate surface area is 185 Å². The zero-order chi connectivity index (χ0) is 22.2. The molecule has 1 aromatic heterocycles. The van der Waals surface area contributed by atoms with Crippen molar-refractivity contribution in [3.8, 4) is 0 Å². The maximum atomic E-state index is 13.3. The first-order valence-electron chi connectivity index (χ1n) is 11.3. The number of nitrogens with zero attached hydrogens (tertiary/aromatic N) is 3. The molecule has 0 spiro atoms. The molecule has 0 amide bonds. The second kappa shape index (κ2) is 11.2. The first kappa shape index (κ1) is 23.1. The van der Waals surface area contributed by atoms with Gasteiger partial charge in [0.05, 0.1) is 5.52 Å². The third kappa shape index (κ3) is 6.73. The number of fused-ring (bicyclic) bond motifs is 1. The van der Waals surface area contributed by atoms with Gasteiger partial charge in [0.2, 0.25) is 0 Å². The van der Waals surface area contributed by atoms with Crippen molar-refractivity contribution in [2.24, 2.45) is 5.92 Å². The van der Waals surface area contributed by atoms with Crippen molar-refractivity contribution in [3.63, 3.8) is 0 Å². The maximum absolute atomic E-state index is 13.3. The SMILES string of the molecule is Cc1ccc(CNCC2CCCCC2)cc1F.Cc1nc(N(C)C)c2ccccc2n1. The summed E-state index contributed by atoms with van der Waals surface area (Å²) >= 11 is 0. The summed E-state index contributed by atoms with van der Waals surface area (Å²) in [7, 11) is 3.99. The van der Waals surface area contributed by atoms with Gasteiger partial charge in [-0.25, -0.2) is 14.4 Å². The predicted molar refractivity (Wildman–Crippen MR) is 128 cm³/mol. The Bertz CT molecular complexity index is 980. The van der Waals surface area contributed by atoms with E-state index in [9.17, 15) is 4.39 Å². The van der Waals surface area contributed by atoms with E-state index in [0.29, 0.717) is 0 Å². The lowest BCUT2D eigenvalue weighted by atomic mass is 9.89. The van der Waals surface area contributed by atoms with Crippen LogP contribution >= 0.6 is 0 Å². The largest absolute Gasteiger partial charge is 0.362 e. The number of aryl methyl sites for hydroxylation is 2. The molecule has 0 radical (unpaired) electrons. The van der Waals surface area contributed by atoms with E-state index in [1.165, 1.54) is 32.1 Å². The average Bonchev–Trinajstić information content (AvgIpc) is 2.77. The minimum atomic E-state index is -0.0954. The lowest BCUT2D eigenvalue weighted by molar-refractivity contribution is 0.342. The molecule has 4 nitrogen and oxygen atoms in total. The summed E-state index contributed by atoms with van der Waals surface area (Å²) in [5, 5.41) is 4.55. The molecule has 0 unspecified atom stereocenters. The molecular weight excluding hydrogens is 387 g/mol. The van der Waals surface area contributed by atoms with Gasteiger partial charge in [-0.05, 0) is 68.5 Å². The summed E-state index contributed by atoms with van der Waals surface area (Å²) in [5.74, 6) is 2.53. The van der Waals surface area contributed by atoms with Gasteiger partial charge in [-0.15, -0.1) is 0 Å². The average molecular weight is 423 g/mol. The molecule has 5 heteroatoms. The Morgan fingerprint density at radius 3 is 2.45 bits per heavy atom. The monoisotopic (exact) mass is 422 g/mol. The molecule has 0 saturated heterocycles. The van der Waals surface area contributed by atoms with E-state index < -0.39 is 0 Å². The van der Waals surface area contributed by atoms with E-state index in [-0.39, 0.29) is 5.82 Å². The van der Waals surface area contributed by atoms with E-state index in [1.54, 1.807) is 13.0 Å². The van der Waals surface area contributed by atoms with Gasteiger partial charge in [0.1, 0.15) is 17.5 Å². The normalized spacial score (nSPS) is 14.2. The van der Waals surface area contributed by atoms with Crippen molar-refractivity contribution in [2.45, 2.75) is 52.5 Å². The Balaban J connectivity index is 0.000000179. The van der Waals surface area contributed by atoms with Crippen LogP contribution in [0.25, 0.3) is 10.9 Å². The maximum Gasteiger partial charge on any atom is 0.139 e. The number of benzene rings is 2. The van der Waals surface area contributed by atoms with Gasteiger partial charge in [0.15, 0.2) is 0 Å². The van der Waals surface area contributed by atoms with E-state index in [4.69, 9.17) is 0 Å². The zero-order valence-electron chi connectivity index (χ0n) is 19.3. The number of aromatic nitrogens is 2. The number of hydrogen-bond acceptors (Lipinski definition) is 4. The highest BCUT2D eigenvalue weighted by Gasteiger charge is 2.12. The van der Waals surface area contributed by atoms with Crippen LogP contribution < -0.4 is 10.2 Å². The summed E-state index contributed by atoms with van der Waals surface area (Å²) in [6, 6.07) is 13.6. The van der Waals surface area contributed by atoms with Crippen LogP contribution in [0, 0.1) is 25.6 Å². The van der Waals surface area contributed by atoms with Crippen molar-refractivity contribution in [1.82, 2.24) is 15.3 Å². The molecule has 0 bridgehead atoms. The van der Waals surface area contributed by atoms with Crippen molar-refractivity contribution >= 4 is 16.7 Å². The van der Waals surface area contributed by atoms with Gasteiger partial charge in [-0.2, -0.15) is 0 Å². The van der Waals surface area contributed by atoms with Gasteiger partial charge < -0.3 is 10.2 Å². The van der Waals surface area contributed by atoms with Crippen LogP contribution in [-0.2, 0) is 6.54 Å². The number of halogens is 1. The smallest absolute Gasteiger partial charge is 0.139 e. The van der Waals surface area contributed by atoms with Gasteiger partial charge in [-0.1, -0.05) is 43.5 Å². The van der Waals surface area contributed by atoms with Crippen LogP contribution in [0.5, 0.6) is 0 Å². The van der Waals surface area contributed by atoms with Gasteiger partial charge in [0.25, 0.3) is 0 Å². The first-order valence-corrected chi connectivity index (χ1v) is 11.3. The Morgan fingerprint density at radius 2 is 1.74 bits per heavy atom. The lowest BCUT2D eigenvalue weighted by Gasteiger charge is -2.21. The number of para-hydroxylation sites is 1. The summed E-state index contributed by atoms with van der Waals surface area (Å²) < 4.78 is 13.3. The minimum absolute atomic E-state index is 0.0954. The van der Waals surface area contributed by atoms with Crippen molar-refractivity contribution < 1.29 is 4.39 Å². The third-order valence-corrected chi connectivity index (χ3v) is 5.84. The van der Waals surface area contributed by atoms with Crippen molar-refractivity contribution in [2.75, 3.05) is 25.5 Å². The van der Waals surface area contributed by atoms with Crippen LogP contribution in [-0.4, -0.2) is 30.6 Å². The molecule has 3 aromatic rings. The molecule has 1 N–H and O–H groups in total. The van der Waals surface area contributed by atoms with Crippen molar-refractivity contribution in [3.05, 3.63) is 65.2 Å². The van der Waals surface area contributed by atoms with Crippen LogP contribution in [0.2, 0.25) is 0 Å². The van der Waals surface area contributed by atoms with Crippen LogP contribution in [0.1, 0.15) is 49.1 Å². The topological polar surface area (TPSA) is 41.1 Å². The van der Waals surface area contributed by atoms with E-state index in [0.717, 1.165) is 52.7 Å². The molecule has 0 atom stereocenters. The molecule has 0 aliphatic heterocycles. The molecular formula is C26H35FN4. The van der Waals surface area contributed by atoms with Gasteiger partial charge >= 0.3 is 0 Å². The van der Waals surface area contributed by atoms with E-state index >= 15 is 0 Å². The highest BCUT2D eigenvalue weighted by atomic mass is 19.1. The number of nitrogens with one attached hydrogen (secondary N) is 1. The molecule has 1 heterocycles. The molecule has 31 heavy (non-hydrogen) atoms.